The van der Waals surface area contributed by atoms with Gasteiger partial charge in [0, 0.05) is 66.1 Å². The molecule has 14 atom stereocenters. The number of nitrogens with one attached hydrogen (secondary N) is 3. The molecule has 6 rings (SSSR count). The highest BCUT2D eigenvalue weighted by Gasteiger charge is 2.83. The highest BCUT2D eigenvalue weighted by atomic mass is 16.7. The molecule has 3 heterocycles. The number of likely N-dealkylation sites (tertiary alicyclic amines) is 2. The molecule has 14 unspecified atom stereocenters. The molecule has 3 N–H and O–H groups in total. The van der Waals surface area contributed by atoms with Crippen molar-refractivity contribution < 1.29 is 57.5 Å². The van der Waals surface area contributed by atoms with E-state index >= 15 is 0 Å². The van der Waals surface area contributed by atoms with Gasteiger partial charge >= 0.3 is 0 Å². The first-order valence-electron chi connectivity index (χ1n) is 35.9. The van der Waals surface area contributed by atoms with Crippen molar-refractivity contribution in [3.8, 4) is 0 Å². The number of nitrogens with zero attached hydrogens (tertiary/aromatic N) is 5. The van der Waals surface area contributed by atoms with Gasteiger partial charge in [0.15, 0.2) is 0 Å². The summed E-state index contributed by atoms with van der Waals surface area (Å²) in [6.07, 6.45) is 13.0. The summed E-state index contributed by atoms with van der Waals surface area (Å²) in [5.74, 6) is -2.00. The third kappa shape index (κ3) is 17.8. The topological polar surface area (TPSA) is 234 Å². The van der Waals surface area contributed by atoms with Crippen LogP contribution in [0.3, 0.4) is 0 Å². The Bertz CT molecular complexity index is 2670. The number of Topliss-reactive ketones (excluding diaryl/α,β-unsaturated/α-hetero) is 1. The van der Waals surface area contributed by atoms with Crippen LogP contribution in [0.25, 0.3) is 0 Å². The van der Waals surface area contributed by atoms with Crippen LogP contribution in [0, 0.1) is 51.8 Å². The van der Waals surface area contributed by atoms with E-state index < -0.39 is 47.1 Å². The summed E-state index contributed by atoms with van der Waals surface area (Å²) < 4.78 is 12.3. The molecule has 3 aliphatic heterocycles. The van der Waals surface area contributed by atoms with Crippen LogP contribution in [0.15, 0.2) is 30.3 Å². The molecule has 0 bridgehead atoms. The van der Waals surface area contributed by atoms with E-state index in [9.17, 15) is 43.2 Å². The molecule has 20 heteroatoms. The quantitative estimate of drug-likeness (QED) is 0.0316. The number of benzene rings is 1. The molecular weight excluding hydrogens is 1180 g/mol. The van der Waals surface area contributed by atoms with Crippen LogP contribution in [0.2, 0.25) is 0 Å². The van der Waals surface area contributed by atoms with E-state index in [0.717, 1.165) is 50.5 Å². The largest absolute Gasteiger partial charge is 0.379 e. The van der Waals surface area contributed by atoms with Crippen LogP contribution in [-0.2, 0) is 57.5 Å². The molecule has 2 aliphatic carbocycles. The molecule has 1 aromatic carbocycles. The minimum Gasteiger partial charge on any atom is -0.379 e. The predicted molar refractivity (Wildman–Crippen MR) is 359 cm³/mol. The Balaban J connectivity index is 0.948. The number of fused-ring (bicyclic) bond motifs is 1. The number of unbranched alkanes of at least 4 members (excludes halogenated alkanes) is 5. The van der Waals surface area contributed by atoms with Gasteiger partial charge in [0.1, 0.15) is 11.8 Å². The molecule has 5 aliphatic rings. The number of hydrazine groups is 1. The normalized spacial score (nSPS) is 25.7. The third-order valence-electron chi connectivity index (χ3n) is 22.6. The Morgan fingerprint density at radius 1 is 0.774 bits per heavy atom. The minimum absolute atomic E-state index is 0.00596. The number of carbonyl (C=O) groups is 9. The van der Waals surface area contributed by atoms with Crippen LogP contribution in [0.4, 0.5) is 0 Å². The number of piperidine rings is 1. The summed E-state index contributed by atoms with van der Waals surface area (Å²) >= 11 is 0. The summed E-state index contributed by atoms with van der Waals surface area (Å²) in [5.41, 5.74) is 4.72. The van der Waals surface area contributed by atoms with E-state index in [0.29, 0.717) is 109 Å². The number of carbonyl (C=O) groups excluding carboxylic acids is 9. The number of likely N-dealkylation sites (N-methyl/N-ethyl adjacent to an activating group) is 2. The summed E-state index contributed by atoms with van der Waals surface area (Å²) in [5, 5.41) is 4.74. The second-order valence-corrected chi connectivity index (χ2v) is 29.2. The fourth-order valence-corrected chi connectivity index (χ4v) is 16.5. The van der Waals surface area contributed by atoms with Crippen molar-refractivity contribution in [2.45, 2.75) is 260 Å². The molecule has 0 aromatic heterocycles. The molecule has 524 valence electrons. The first-order chi connectivity index (χ1) is 44.3. The van der Waals surface area contributed by atoms with Crippen molar-refractivity contribution in [1.29, 1.82) is 0 Å². The molecule has 2 saturated carbocycles. The number of imide groups is 1. The number of rotatable bonds is 40. The number of hydroxylamine groups is 2. The maximum atomic E-state index is 14.8. The van der Waals surface area contributed by atoms with E-state index in [1.807, 2.05) is 97.4 Å². The Labute approximate surface area is 557 Å². The molecular formula is C73H120N8O12. The second kappa shape index (κ2) is 35.1. The average Bonchev–Trinajstić information content (AvgIpc) is 1.48. The Morgan fingerprint density at radius 3 is 2.00 bits per heavy atom. The zero-order chi connectivity index (χ0) is 68.5. The van der Waals surface area contributed by atoms with E-state index in [1.165, 1.54) is 4.90 Å². The summed E-state index contributed by atoms with van der Waals surface area (Å²) in [7, 11) is 6.80. The maximum Gasteiger partial charge on any atom is 0.252 e. The Hall–Kier alpha value is -5.31. The Morgan fingerprint density at radius 2 is 1.44 bits per heavy atom. The molecule has 93 heavy (non-hydrogen) atoms. The predicted octanol–water partition coefficient (Wildman–Crippen LogP) is 9.97. The van der Waals surface area contributed by atoms with Crippen LogP contribution < -0.4 is 16.2 Å². The maximum absolute atomic E-state index is 14.8. The lowest BCUT2D eigenvalue weighted by Crippen LogP contribution is -2.60. The number of amides is 8. The van der Waals surface area contributed by atoms with E-state index in [4.69, 9.17) is 14.3 Å². The van der Waals surface area contributed by atoms with Gasteiger partial charge in [-0.1, -0.05) is 139 Å². The molecule has 1 aromatic rings. The van der Waals surface area contributed by atoms with Crippen molar-refractivity contribution in [2.24, 2.45) is 51.8 Å². The lowest BCUT2D eigenvalue weighted by molar-refractivity contribution is -0.212. The summed E-state index contributed by atoms with van der Waals surface area (Å²) in [6, 6.07) is 7.89. The fourth-order valence-electron chi connectivity index (χ4n) is 16.5. The van der Waals surface area contributed by atoms with Crippen molar-refractivity contribution in [1.82, 2.24) is 40.8 Å². The van der Waals surface area contributed by atoms with Gasteiger partial charge < -0.3 is 24.6 Å². The number of ketones is 1. The van der Waals surface area contributed by atoms with Crippen LogP contribution in [0.5, 0.6) is 0 Å². The van der Waals surface area contributed by atoms with Crippen molar-refractivity contribution >= 4 is 53.0 Å². The van der Waals surface area contributed by atoms with Gasteiger partial charge in [-0.05, 0) is 138 Å². The first-order valence-corrected chi connectivity index (χ1v) is 35.9. The van der Waals surface area contributed by atoms with Crippen molar-refractivity contribution in [3.63, 3.8) is 0 Å². The smallest absolute Gasteiger partial charge is 0.252 e. The third-order valence-corrected chi connectivity index (χ3v) is 22.6. The van der Waals surface area contributed by atoms with Crippen molar-refractivity contribution in [3.05, 3.63) is 35.9 Å². The summed E-state index contributed by atoms with van der Waals surface area (Å²) in [6.45, 7) is 24.6. The minimum atomic E-state index is -0.872. The molecule has 0 spiro atoms. The summed E-state index contributed by atoms with van der Waals surface area (Å²) in [4.78, 5) is 137. The number of methoxy groups -OCH3 is 2. The highest BCUT2D eigenvalue weighted by Crippen LogP contribution is 2.76. The number of ether oxygens (including phenoxy) is 2. The molecule has 0 radical (unpaired) electrons. The van der Waals surface area contributed by atoms with Crippen LogP contribution >= 0.6 is 0 Å². The monoisotopic (exact) mass is 1300 g/mol. The molecule has 5 fully saturated rings. The van der Waals surface area contributed by atoms with Gasteiger partial charge in [-0.2, -0.15) is 0 Å². The van der Waals surface area contributed by atoms with E-state index in [-0.39, 0.29) is 120 Å². The Kier molecular flexibility index (Phi) is 28.9. The van der Waals surface area contributed by atoms with Gasteiger partial charge in [-0.25, -0.2) is 5.06 Å². The number of hydrogen-bond donors (Lipinski definition) is 3. The van der Waals surface area contributed by atoms with Gasteiger partial charge in [0.2, 0.25) is 41.4 Å². The lowest BCUT2D eigenvalue weighted by atomic mass is 9.87. The first kappa shape index (κ1) is 76.7. The zero-order valence-electron chi connectivity index (χ0n) is 59.6. The number of hydrogen-bond acceptors (Lipinski definition) is 13. The van der Waals surface area contributed by atoms with Crippen LogP contribution in [-0.4, -0.2) is 175 Å². The van der Waals surface area contributed by atoms with Gasteiger partial charge in [-0.15, -0.1) is 0 Å². The van der Waals surface area contributed by atoms with Crippen LogP contribution in [0.1, 0.15) is 229 Å². The van der Waals surface area contributed by atoms with Gasteiger partial charge in [-0.3, -0.25) is 68.6 Å². The molecule has 3 saturated heterocycles. The van der Waals surface area contributed by atoms with E-state index in [2.05, 4.69) is 42.1 Å². The zero-order valence-corrected chi connectivity index (χ0v) is 59.6. The highest BCUT2D eigenvalue weighted by molar-refractivity contribution is 6.13. The average molecular weight is 1300 g/mol. The van der Waals surface area contributed by atoms with Crippen molar-refractivity contribution in [2.75, 3.05) is 61.1 Å². The molecule has 20 nitrogen and oxygen atoms in total. The lowest BCUT2D eigenvalue weighted by Gasteiger charge is -2.41. The standard InChI is InChI=1S/C73H120N8O12/c1-16-20-32-52-39-44-81(93-47-52)69(89)72(46-54(72)53-33-24-21-25-34-53)40-30-36-56(82)51(10)64(92-15)55-35-31-43-79(55)60(85)45-57(91-14)63(50(9)17-2)78(13)67(87)61(48(5)6)74-66(86)62(49(7)8)77(12)41-28-22-26-37-58(83)75-76-59(84)38-27-23-29-42-80-68(88)65-71(11,18-3)73(65,19-4)70(80)90/h21,24-25,33-34,48-52,54-55,57,61-65H,16-20,22-23,26-32,35-47H2,1-15H3,(H,74,86)(H,75,83)(H,76,84). The SMILES string of the molecule is CCCCC1CCN(C(=O)C2(CCCC(=O)C(C)C(OC)C3CCCN3C(=O)CC(OC)C(C(C)CC)N(C)C(=O)C(NC(=O)C(C(C)C)N(C)CCCCCC(=O)NNC(=O)CCCCCN3C(=O)C4C(C)(CC)C4(CC)C3=O)C(C)C)CC2c2ccccc2)OC1. The second-order valence-electron chi connectivity index (χ2n) is 29.2. The molecule has 8 amide bonds. The van der Waals surface area contributed by atoms with Gasteiger partial charge in [0.25, 0.3) is 5.91 Å². The fraction of sp³-hybridized carbons (Fsp3) is 0.795. The van der Waals surface area contributed by atoms with E-state index in [1.54, 1.807) is 31.2 Å². The van der Waals surface area contributed by atoms with Gasteiger partial charge in [0.05, 0.1) is 60.1 Å².